The van der Waals surface area contributed by atoms with Crippen molar-refractivity contribution >= 4 is 5.97 Å². The van der Waals surface area contributed by atoms with Gasteiger partial charge in [0.2, 0.25) is 0 Å². The first-order valence-corrected chi connectivity index (χ1v) is 4.15. The van der Waals surface area contributed by atoms with Crippen molar-refractivity contribution in [1.29, 1.82) is 0 Å². The molecule has 0 aliphatic carbocycles. The van der Waals surface area contributed by atoms with Crippen LogP contribution in [0.4, 0.5) is 0 Å². The van der Waals surface area contributed by atoms with E-state index >= 15 is 0 Å². The molecule has 0 aromatic heterocycles. The molecule has 11 heavy (non-hydrogen) atoms. The minimum Gasteiger partial charge on any atom is -0.481 e. The summed E-state index contributed by atoms with van der Waals surface area (Å²) in [5.41, 5.74) is 0. The van der Waals surface area contributed by atoms with Crippen molar-refractivity contribution < 1.29 is 9.90 Å². The summed E-state index contributed by atoms with van der Waals surface area (Å²) in [4.78, 5) is 10.4. The quantitative estimate of drug-likeness (QED) is 0.624. The zero-order chi connectivity index (χ0) is 8.27. The van der Waals surface area contributed by atoms with Crippen LogP contribution in [0, 0.1) is 5.92 Å². The maximum absolute atomic E-state index is 10.4. The lowest BCUT2D eigenvalue weighted by Crippen LogP contribution is -2.39. The topological polar surface area (TPSA) is 49.3 Å². The van der Waals surface area contributed by atoms with Gasteiger partial charge in [-0.25, -0.2) is 0 Å². The van der Waals surface area contributed by atoms with Crippen LogP contribution in [0.15, 0.2) is 0 Å². The fourth-order valence-corrected chi connectivity index (χ4v) is 1.61. The van der Waals surface area contributed by atoms with Crippen LogP contribution in [0.25, 0.3) is 0 Å². The van der Waals surface area contributed by atoms with E-state index in [-0.39, 0.29) is 0 Å². The monoisotopic (exact) mass is 157 g/mol. The highest BCUT2D eigenvalue weighted by Crippen LogP contribution is 2.19. The van der Waals surface area contributed by atoms with E-state index in [1.54, 1.807) is 0 Å². The minimum atomic E-state index is -0.675. The summed E-state index contributed by atoms with van der Waals surface area (Å²) in [6, 6.07) is 0.375. The number of carbonyl (C=O) groups is 1. The van der Waals surface area contributed by atoms with Gasteiger partial charge in [-0.15, -0.1) is 0 Å². The first-order chi connectivity index (χ1) is 5.20. The molecule has 0 aromatic carbocycles. The summed E-state index contributed by atoms with van der Waals surface area (Å²) in [7, 11) is 0. The molecule has 0 amide bonds. The first-order valence-electron chi connectivity index (χ1n) is 4.15. The summed E-state index contributed by atoms with van der Waals surface area (Å²) in [5.74, 6) is -0.341. The van der Waals surface area contributed by atoms with Crippen molar-refractivity contribution in [2.24, 2.45) is 5.92 Å². The molecule has 64 valence electrons. The maximum atomic E-state index is 10.4. The van der Waals surface area contributed by atoms with Gasteiger partial charge in [0.15, 0.2) is 0 Å². The third-order valence-electron chi connectivity index (χ3n) is 2.36. The second-order valence-electron chi connectivity index (χ2n) is 3.24. The molecular weight excluding hydrogens is 142 g/mol. The van der Waals surface area contributed by atoms with E-state index in [9.17, 15) is 4.79 Å². The molecule has 2 atom stereocenters. The molecule has 0 radical (unpaired) electrons. The third kappa shape index (κ3) is 2.50. The molecule has 0 saturated carbocycles. The van der Waals surface area contributed by atoms with Crippen LogP contribution in [0.2, 0.25) is 0 Å². The number of carboxylic acids is 1. The molecule has 1 fully saturated rings. The second kappa shape index (κ2) is 3.72. The van der Waals surface area contributed by atoms with E-state index in [4.69, 9.17) is 5.11 Å². The molecule has 0 spiro atoms. The molecule has 1 aliphatic heterocycles. The summed E-state index contributed by atoms with van der Waals surface area (Å²) in [6.07, 6.45) is 2.48. The van der Waals surface area contributed by atoms with Crippen LogP contribution in [0.5, 0.6) is 0 Å². The molecule has 0 unspecified atom stereocenters. The van der Waals surface area contributed by atoms with Crippen molar-refractivity contribution in [3.63, 3.8) is 0 Å². The summed E-state index contributed by atoms with van der Waals surface area (Å²) < 4.78 is 0. The molecule has 1 rings (SSSR count). The van der Waals surface area contributed by atoms with Gasteiger partial charge in [-0.2, -0.15) is 0 Å². The van der Waals surface area contributed by atoms with E-state index < -0.39 is 5.97 Å². The van der Waals surface area contributed by atoms with E-state index in [1.165, 1.54) is 0 Å². The minimum absolute atomic E-state index is 0.314. The van der Waals surface area contributed by atoms with Crippen LogP contribution < -0.4 is 5.32 Å². The molecule has 3 heteroatoms. The predicted octanol–water partition coefficient (Wildman–Crippen LogP) is 0.849. The highest BCUT2D eigenvalue weighted by atomic mass is 16.4. The Hall–Kier alpha value is -0.570. The third-order valence-corrected chi connectivity index (χ3v) is 2.36. The molecule has 0 bridgehead atoms. The zero-order valence-corrected chi connectivity index (χ0v) is 6.84. The van der Waals surface area contributed by atoms with Gasteiger partial charge in [0, 0.05) is 12.5 Å². The van der Waals surface area contributed by atoms with Gasteiger partial charge < -0.3 is 10.4 Å². The number of carboxylic acid groups (broad SMARTS) is 1. The lowest BCUT2D eigenvalue weighted by molar-refractivity contribution is -0.138. The molecular formula is C8H15NO2. The molecule has 3 nitrogen and oxygen atoms in total. The number of hydrogen-bond donors (Lipinski definition) is 2. The van der Waals surface area contributed by atoms with Crippen LogP contribution in [0.3, 0.4) is 0 Å². The Morgan fingerprint density at radius 1 is 1.73 bits per heavy atom. The lowest BCUT2D eigenvalue weighted by Gasteiger charge is -2.28. The highest BCUT2D eigenvalue weighted by molar-refractivity contribution is 5.67. The van der Waals surface area contributed by atoms with Crippen molar-refractivity contribution in [2.75, 3.05) is 6.54 Å². The highest BCUT2D eigenvalue weighted by Gasteiger charge is 2.22. The van der Waals surface area contributed by atoms with Crippen LogP contribution in [0.1, 0.15) is 26.2 Å². The first kappa shape index (κ1) is 8.53. The lowest BCUT2D eigenvalue weighted by atomic mass is 9.89. The van der Waals surface area contributed by atoms with Gasteiger partial charge in [-0.3, -0.25) is 4.79 Å². The van der Waals surface area contributed by atoms with Gasteiger partial charge in [0.1, 0.15) is 0 Å². The average Bonchev–Trinajstić information content (AvgIpc) is 1.93. The Morgan fingerprint density at radius 2 is 2.45 bits per heavy atom. The summed E-state index contributed by atoms with van der Waals surface area (Å²) in [5, 5.41) is 11.8. The Bertz CT molecular complexity index is 147. The Morgan fingerprint density at radius 3 is 3.00 bits per heavy atom. The Labute approximate surface area is 66.8 Å². The van der Waals surface area contributed by atoms with E-state index in [0.29, 0.717) is 18.4 Å². The number of aliphatic carboxylic acids is 1. The largest absolute Gasteiger partial charge is 0.481 e. The van der Waals surface area contributed by atoms with E-state index in [1.807, 2.05) is 0 Å². The molecule has 1 saturated heterocycles. The van der Waals surface area contributed by atoms with Gasteiger partial charge in [0.05, 0.1) is 0 Å². The van der Waals surface area contributed by atoms with Gasteiger partial charge in [-0.05, 0) is 32.2 Å². The van der Waals surface area contributed by atoms with Gasteiger partial charge in [-0.1, -0.05) is 0 Å². The van der Waals surface area contributed by atoms with Crippen LogP contribution >= 0.6 is 0 Å². The predicted molar refractivity (Wildman–Crippen MR) is 42.4 cm³/mol. The molecule has 1 aliphatic rings. The fourth-order valence-electron chi connectivity index (χ4n) is 1.61. The van der Waals surface area contributed by atoms with Crippen LogP contribution in [-0.2, 0) is 4.79 Å². The van der Waals surface area contributed by atoms with Gasteiger partial charge >= 0.3 is 5.97 Å². The Balaban J connectivity index is 2.35. The molecule has 2 N–H and O–H groups in total. The number of piperidine rings is 1. The summed E-state index contributed by atoms with van der Waals surface area (Å²) >= 11 is 0. The van der Waals surface area contributed by atoms with Crippen molar-refractivity contribution in [3.8, 4) is 0 Å². The normalized spacial score (nSPS) is 31.7. The molecule has 0 aromatic rings. The smallest absolute Gasteiger partial charge is 0.303 e. The summed E-state index contributed by atoms with van der Waals surface area (Å²) in [6.45, 7) is 3.10. The zero-order valence-electron chi connectivity index (χ0n) is 6.84. The molecule has 1 heterocycles. The Kier molecular flexibility index (Phi) is 2.88. The fraction of sp³-hybridized carbons (Fsp3) is 0.875. The maximum Gasteiger partial charge on any atom is 0.303 e. The number of nitrogens with one attached hydrogen (secondary N) is 1. The van der Waals surface area contributed by atoms with E-state index in [0.717, 1.165) is 19.4 Å². The SMILES string of the molecule is C[C@@H]1NCCC[C@@H]1CC(=O)O. The van der Waals surface area contributed by atoms with E-state index in [2.05, 4.69) is 12.2 Å². The van der Waals surface area contributed by atoms with Gasteiger partial charge in [0.25, 0.3) is 0 Å². The van der Waals surface area contributed by atoms with Crippen LogP contribution in [-0.4, -0.2) is 23.7 Å². The average molecular weight is 157 g/mol. The van der Waals surface area contributed by atoms with Crippen molar-refractivity contribution in [1.82, 2.24) is 5.32 Å². The van der Waals surface area contributed by atoms with Crippen molar-refractivity contribution in [2.45, 2.75) is 32.2 Å². The second-order valence-corrected chi connectivity index (χ2v) is 3.24. The number of hydrogen-bond acceptors (Lipinski definition) is 2. The standard InChI is InChI=1S/C8H15NO2/c1-6-7(5-8(10)11)3-2-4-9-6/h6-7,9H,2-5H2,1H3,(H,10,11)/t6-,7+/m0/s1. The van der Waals surface area contributed by atoms with Crippen molar-refractivity contribution in [3.05, 3.63) is 0 Å². The number of rotatable bonds is 2.